The van der Waals surface area contributed by atoms with Crippen molar-refractivity contribution in [1.29, 1.82) is 0 Å². The van der Waals surface area contributed by atoms with Crippen LogP contribution < -0.4 is 10.9 Å². The Balaban J connectivity index is 1.71. The second kappa shape index (κ2) is 6.78. The van der Waals surface area contributed by atoms with Crippen LogP contribution in [0.25, 0.3) is 10.2 Å². The number of thiophene rings is 1. The molecule has 0 fully saturated rings. The van der Waals surface area contributed by atoms with Gasteiger partial charge >= 0.3 is 0 Å². The summed E-state index contributed by atoms with van der Waals surface area (Å²) in [5.74, 6) is 0.0750. The third-order valence-corrected chi connectivity index (χ3v) is 5.69. The monoisotopic (exact) mass is 359 g/mol. The number of carbonyl (C=O) groups excluding carboxylic acids is 1. The molecule has 0 aliphatic rings. The minimum atomic E-state index is -0.122. The molecule has 2 heterocycles. The van der Waals surface area contributed by atoms with Gasteiger partial charge in [-0.25, -0.2) is 4.98 Å². The Labute approximate surface area is 147 Å². The fourth-order valence-electron chi connectivity index (χ4n) is 2.24. The van der Waals surface area contributed by atoms with Crippen molar-refractivity contribution in [2.24, 2.45) is 7.05 Å². The van der Waals surface area contributed by atoms with E-state index >= 15 is 0 Å². The summed E-state index contributed by atoms with van der Waals surface area (Å²) in [4.78, 5) is 28.8. The Hall–Kier alpha value is -2.12. The zero-order valence-electron chi connectivity index (χ0n) is 13.6. The Morgan fingerprint density at radius 3 is 2.83 bits per heavy atom. The van der Waals surface area contributed by atoms with E-state index in [4.69, 9.17) is 0 Å². The number of nitrogens with one attached hydrogen (secondary N) is 1. The van der Waals surface area contributed by atoms with Crippen LogP contribution >= 0.6 is 23.1 Å². The van der Waals surface area contributed by atoms with Gasteiger partial charge in [0.25, 0.3) is 5.56 Å². The average molecular weight is 359 g/mol. The quantitative estimate of drug-likeness (QED) is 0.573. The van der Waals surface area contributed by atoms with E-state index in [0.29, 0.717) is 15.4 Å². The van der Waals surface area contributed by atoms with Crippen molar-refractivity contribution in [2.45, 2.75) is 19.0 Å². The SMILES string of the molecule is Cc1ccc(NC(=O)CSc2nc3ccsc3c(=O)n2C)cc1C. The van der Waals surface area contributed by atoms with Gasteiger partial charge in [0, 0.05) is 12.7 Å². The molecule has 7 heteroatoms. The second-order valence-corrected chi connectivity index (χ2v) is 7.39. The van der Waals surface area contributed by atoms with E-state index in [2.05, 4.69) is 10.3 Å². The summed E-state index contributed by atoms with van der Waals surface area (Å²) in [6.07, 6.45) is 0. The topological polar surface area (TPSA) is 64.0 Å². The molecule has 0 atom stereocenters. The number of hydrogen-bond donors (Lipinski definition) is 1. The first-order chi connectivity index (χ1) is 11.5. The predicted octanol–water partition coefficient (Wildman–Crippen LogP) is 3.34. The zero-order chi connectivity index (χ0) is 17.3. The first kappa shape index (κ1) is 16.7. The summed E-state index contributed by atoms with van der Waals surface area (Å²) in [6, 6.07) is 7.63. The van der Waals surface area contributed by atoms with Crippen LogP contribution in [-0.4, -0.2) is 21.2 Å². The van der Waals surface area contributed by atoms with Crippen molar-refractivity contribution in [3.8, 4) is 0 Å². The molecule has 0 bridgehead atoms. The molecule has 0 unspecified atom stereocenters. The van der Waals surface area contributed by atoms with Crippen LogP contribution in [0.2, 0.25) is 0 Å². The zero-order valence-corrected chi connectivity index (χ0v) is 15.3. The first-order valence-corrected chi connectivity index (χ1v) is 9.26. The highest BCUT2D eigenvalue weighted by molar-refractivity contribution is 7.99. The van der Waals surface area contributed by atoms with Gasteiger partial charge in [0.05, 0.1) is 11.3 Å². The number of anilines is 1. The molecule has 3 rings (SSSR count). The van der Waals surface area contributed by atoms with Gasteiger partial charge in [0.1, 0.15) is 4.70 Å². The van der Waals surface area contributed by atoms with E-state index < -0.39 is 0 Å². The molecule has 124 valence electrons. The Kier molecular flexibility index (Phi) is 4.73. The molecule has 0 saturated heterocycles. The summed E-state index contributed by atoms with van der Waals surface area (Å²) >= 11 is 2.64. The maximum atomic E-state index is 12.2. The van der Waals surface area contributed by atoms with Crippen LogP contribution in [0.4, 0.5) is 5.69 Å². The number of benzene rings is 1. The molecule has 2 aromatic heterocycles. The van der Waals surface area contributed by atoms with Crippen LogP contribution in [-0.2, 0) is 11.8 Å². The molecule has 1 aromatic carbocycles. The predicted molar refractivity (Wildman–Crippen MR) is 100 cm³/mol. The van der Waals surface area contributed by atoms with E-state index in [9.17, 15) is 9.59 Å². The highest BCUT2D eigenvalue weighted by Crippen LogP contribution is 2.20. The number of aromatic nitrogens is 2. The lowest BCUT2D eigenvalue weighted by Crippen LogP contribution is -2.20. The summed E-state index contributed by atoms with van der Waals surface area (Å²) in [7, 11) is 1.68. The first-order valence-electron chi connectivity index (χ1n) is 7.40. The van der Waals surface area contributed by atoms with Crippen molar-refractivity contribution in [2.75, 3.05) is 11.1 Å². The lowest BCUT2D eigenvalue weighted by atomic mass is 10.1. The maximum Gasteiger partial charge on any atom is 0.271 e. The number of aryl methyl sites for hydroxylation is 2. The van der Waals surface area contributed by atoms with Crippen molar-refractivity contribution in [3.63, 3.8) is 0 Å². The van der Waals surface area contributed by atoms with E-state index in [1.165, 1.54) is 33.2 Å². The van der Waals surface area contributed by atoms with Crippen LogP contribution in [0, 0.1) is 13.8 Å². The molecule has 24 heavy (non-hydrogen) atoms. The maximum absolute atomic E-state index is 12.2. The van der Waals surface area contributed by atoms with Gasteiger partial charge < -0.3 is 5.32 Å². The second-order valence-electron chi connectivity index (χ2n) is 5.53. The molecule has 0 aliphatic carbocycles. The standard InChI is InChI=1S/C17H17N3O2S2/c1-10-4-5-12(8-11(10)2)18-14(21)9-24-17-19-13-6-7-23-15(13)16(22)20(17)3/h4-8H,9H2,1-3H3,(H,18,21). The van der Waals surface area contributed by atoms with Gasteiger partial charge in [-0.3, -0.25) is 14.2 Å². The average Bonchev–Trinajstić information content (AvgIpc) is 3.01. The third kappa shape index (κ3) is 3.37. The molecule has 0 radical (unpaired) electrons. The minimum absolute atomic E-state index is 0.0768. The molecule has 1 N–H and O–H groups in total. The summed E-state index contributed by atoms with van der Waals surface area (Å²) < 4.78 is 2.13. The van der Waals surface area contributed by atoms with Crippen LogP contribution in [0.1, 0.15) is 11.1 Å². The molecule has 5 nitrogen and oxygen atoms in total. The van der Waals surface area contributed by atoms with Crippen molar-refractivity contribution < 1.29 is 4.79 Å². The van der Waals surface area contributed by atoms with Crippen molar-refractivity contribution >= 4 is 44.9 Å². The van der Waals surface area contributed by atoms with Gasteiger partial charge in [-0.2, -0.15) is 0 Å². The van der Waals surface area contributed by atoms with Gasteiger partial charge in [0.15, 0.2) is 5.16 Å². The van der Waals surface area contributed by atoms with Crippen molar-refractivity contribution in [1.82, 2.24) is 9.55 Å². The number of rotatable bonds is 4. The number of nitrogens with zero attached hydrogens (tertiary/aromatic N) is 2. The fourth-order valence-corrected chi connectivity index (χ4v) is 3.82. The van der Waals surface area contributed by atoms with E-state index in [1.807, 2.05) is 43.5 Å². The molecule has 0 saturated carbocycles. The number of carbonyl (C=O) groups is 1. The molecular formula is C17H17N3O2S2. The number of amides is 1. The number of thioether (sulfide) groups is 1. The largest absolute Gasteiger partial charge is 0.325 e. The van der Waals surface area contributed by atoms with Gasteiger partial charge in [0.2, 0.25) is 5.91 Å². The van der Waals surface area contributed by atoms with Gasteiger partial charge in [-0.1, -0.05) is 17.8 Å². The highest BCUT2D eigenvalue weighted by atomic mass is 32.2. The smallest absolute Gasteiger partial charge is 0.271 e. The molecule has 0 spiro atoms. The van der Waals surface area contributed by atoms with Gasteiger partial charge in [-0.15, -0.1) is 11.3 Å². The highest BCUT2D eigenvalue weighted by Gasteiger charge is 2.12. The van der Waals surface area contributed by atoms with E-state index in [-0.39, 0.29) is 17.2 Å². The summed E-state index contributed by atoms with van der Waals surface area (Å²) in [6.45, 7) is 4.04. The third-order valence-electron chi connectivity index (χ3n) is 3.77. The van der Waals surface area contributed by atoms with E-state index in [0.717, 1.165) is 11.3 Å². The minimum Gasteiger partial charge on any atom is -0.325 e. The molecule has 0 aliphatic heterocycles. The lowest BCUT2D eigenvalue weighted by Gasteiger charge is -2.09. The fraction of sp³-hybridized carbons (Fsp3) is 0.235. The molecular weight excluding hydrogens is 342 g/mol. The number of fused-ring (bicyclic) bond motifs is 1. The Morgan fingerprint density at radius 1 is 1.29 bits per heavy atom. The summed E-state index contributed by atoms with van der Waals surface area (Å²) in [5.41, 5.74) is 3.70. The molecule has 1 amide bonds. The van der Waals surface area contributed by atoms with Crippen LogP contribution in [0.5, 0.6) is 0 Å². The van der Waals surface area contributed by atoms with E-state index in [1.54, 1.807) is 7.05 Å². The normalized spacial score (nSPS) is 11.0. The van der Waals surface area contributed by atoms with Crippen LogP contribution in [0.3, 0.4) is 0 Å². The lowest BCUT2D eigenvalue weighted by molar-refractivity contribution is -0.113. The Bertz CT molecular complexity index is 976. The number of hydrogen-bond acceptors (Lipinski definition) is 5. The van der Waals surface area contributed by atoms with Crippen molar-refractivity contribution in [3.05, 3.63) is 51.1 Å². The Morgan fingerprint density at radius 2 is 2.08 bits per heavy atom. The van der Waals surface area contributed by atoms with Crippen LogP contribution in [0.15, 0.2) is 39.6 Å². The summed E-state index contributed by atoms with van der Waals surface area (Å²) in [5, 5.41) is 5.26. The van der Waals surface area contributed by atoms with Gasteiger partial charge in [-0.05, 0) is 48.6 Å². The molecule has 3 aromatic rings.